The smallest absolute Gasteiger partial charge is 0.127 e. The normalized spacial score (nSPS) is 12.1. The molecular weight excluding hydrogens is 232 g/mol. The van der Waals surface area contributed by atoms with Crippen LogP contribution in [-0.4, -0.2) is 0 Å². The van der Waals surface area contributed by atoms with Gasteiger partial charge in [0.25, 0.3) is 0 Å². The quantitative estimate of drug-likeness (QED) is 0.466. The highest BCUT2D eigenvalue weighted by Crippen LogP contribution is 2.44. The third-order valence-corrected chi connectivity index (χ3v) is 3.55. The van der Waals surface area contributed by atoms with E-state index in [0.717, 1.165) is 5.76 Å². The van der Waals surface area contributed by atoms with Gasteiger partial charge in [-0.05, 0) is 46.0 Å². The molecule has 1 nitrogen and oxygen atoms in total. The fourth-order valence-electron chi connectivity index (χ4n) is 2.72. The Bertz CT molecular complexity index is 716. The molecule has 0 amide bonds. The zero-order valence-electron chi connectivity index (χ0n) is 10.3. The van der Waals surface area contributed by atoms with Crippen molar-refractivity contribution in [1.82, 2.24) is 0 Å². The van der Waals surface area contributed by atoms with Gasteiger partial charge in [-0.15, -0.1) is 0 Å². The van der Waals surface area contributed by atoms with Gasteiger partial charge in [0, 0.05) is 0 Å². The highest BCUT2D eigenvalue weighted by Gasteiger charge is 2.22. The van der Waals surface area contributed by atoms with Crippen molar-refractivity contribution in [2.24, 2.45) is 0 Å². The molecule has 0 saturated carbocycles. The van der Waals surface area contributed by atoms with Crippen molar-refractivity contribution < 1.29 is 4.42 Å². The van der Waals surface area contributed by atoms with Crippen LogP contribution in [0.5, 0.6) is 0 Å². The SMILES string of the molecule is C(=C1c2ccccc2-c2ccccc21)c1ccco1. The molecule has 4 rings (SSSR count). The van der Waals surface area contributed by atoms with Crippen molar-refractivity contribution in [2.75, 3.05) is 0 Å². The Labute approximate surface area is 111 Å². The van der Waals surface area contributed by atoms with E-state index >= 15 is 0 Å². The van der Waals surface area contributed by atoms with Crippen LogP contribution in [0.4, 0.5) is 0 Å². The minimum absolute atomic E-state index is 0.890. The molecule has 1 heteroatoms. The second kappa shape index (κ2) is 3.99. The van der Waals surface area contributed by atoms with Gasteiger partial charge in [-0.25, -0.2) is 0 Å². The summed E-state index contributed by atoms with van der Waals surface area (Å²) in [6.45, 7) is 0. The van der Waals surface area contributed by atoms with Gasteiger partial charge in [-0.2, -0.15) is 0 Å². The molecule has 90 valence electrons. The molecule has 0 spiro atoms. The summed E-state index contributed by atoms with van der Waals surface area (Å²) in [6, 6.07) is 20.9. The Hall–Kier alpha value is -2.54. The third kappa shape index (κ3) is 1.55. The summed E-state index contributed by atoms with van der Waals surface area (Å²) in [5.41, 5.74) is 6.40. The highest BCUT2D eigenvalue weighted by molar-refractivity contribution is 6.06. The lowest BCUT2D eigenvalue weighted by molar-refractivity contribution is 0.557. The lowest BCUT2D eigenvalue weighted by atomic mass is 10.0. The fourth-order valence-corrected chi connectivity index (χ4v) is 2.72. The van der Waals surface area contributed by atoms with E-state index in [4.69, 9.17) is 4.42 Å². The molecule has 0 unspecified atom stereocenters. The van der Waals surface area contributed by atoms with E-state index in [9.17, 15) is 0 Å². The van der Waals surface area contributed by atoms with Gasteiger partial charge in [-0.3, -0.25) is 0 Å². The first-order valence-corrected chi connectivity index (χ1v) is 6.38. The van der Waals surface area contributed by atoms with E-state index in [1.54, 1.807) is 6.26 Å². The van der Waals surface area contributed by atoms with Gasteiger partial charge < -0.3 is 4.42 Å². The molecule has 1 aliphatic rings. The maximum absolute atomic E-state index is 5.45. The Kier molecular flexibility index (Phi) is 2.18. The second-order valence-electron chi connectivity index (χ2n) is 4.66. The summed E-state index contributed by atoms with van der Waals surface area (Å²) in [5, 5.41) is 0. The molecule has 0 N–H and O–H groups in total. The lowest BCUT2D eigenvalue weighted by Gasteiger charge is -2.01. The van der Waals surface area contributed by atoms with E-state index in [2.05, 4.69) is 54.6 Å². The molecule has 3 aromatic rings. The van der Waals surface area contributed by atoms with E-state index in [-0.39, 0.29) is 0 Å². The van der Waals surface area contributed by atoms with E-state index in [1.165, 1.54) is 27.8 Å². The van der Waals surface area contributed by atoms with Crippen LogP contribution in [0.3, 0.4) is 0 Å². The molecule has 0 saturated heterocycles. The van der Waals surface area contributed by atoms with Gasteiger partial charge in [0.05, 0.1) is 6.26 Å². The molecule has 1 aliphatic carbocycles. The van der Waals surface area contributed by atoms with Crippen LogP contribution in [0.25, 0.3) is 22.8 Å². The first kappa shape index (κ1) is 10.4. The first-order valence-electron chi connectivity index (χ1n) is 6.38. The Morgan fingerprint density at radius 2 is 1.21 bits per heavy atom. The summed E-state index contributed by atoms with van der Waals surface area (Å²) in [4.78, 5) is 0. The van der Waals surface area contributed by atoms with Gasteiger partial charge >= 0.3 is 0 Å². The minimum atomic E-state index is 0.890. The van der Waals surface area contributed by atoms with E-state index in [0.29, 0.717) is 0 Å². The summed E-state index contributed by atoms with van der Waals surface area (Å²) in [5.74, 6) is 0.890. The van der Waals surface area contributed by atoms with Crippen molar-refractivity contribution in [3.63, 3.8) is 0 Å². The third-order valence-electron chi connectivity index (χ3n) is 3.55. The molecule has 0 bridgehead atoms. The van der Waals surface area contributed by atoms with E-state index in [1.807, 2.05) is 12.1 Å². The Balaban J connectivity index is 2.01. The molecular formula is C18H12O. The lowest BCUT2D eigenvalue weighted by Crippen LogP contribution is -1.80. The second-order valence-corrected chi connectivity index (χ2v) is 4.66. The summed E-state index contributed by atoms with van der Waals surface area (Å²) >= 11 is 0. The zero-order chi connectivity index (χ0) is 12.7. The Morgan fingerprint density at radius 1 is 0.632 bits per heavy atom. The van der Waals surface area contributed by atoms with Gasteiger partial charge in [-0.1, -0.05) is 48.5 Å². The molecule has 0 aliphatic heterocycles. The largest absolute Gasteiger partial charge is 0.465 e. The highest BCUT2D eigenvalue weighted by atomic mass is 16.3. The van der Waals surface area contributed by atoms with Crippen molar-refractivity contribution >= 4 is 11.6 Å². The van der Waals surface area contributed by atoms with Crippen molar-refractivity contribution in [2.45, 2.75) is 0 Å². The molecule has 0 fully saturated rings. The standard InChI is InChI=1S/C18H12O/c1-3-9-16-14(7-1)15-8-2-4-10-17(15)18(16)12-13-6-5-11-19-13/h1-12H. The molecule has 19 heavy (non-hydrogen) atoms. The fraction of sp³-hybridized carbons (Fsp3) is 0. The van der Waals surface area contributed by atoms with Crippen LogP contribution in [0.2, 0.25) is 0 Å². The summed E-state index contributed by atoms with van der Waals surface area (Å²) in [6.07, 6.45) is 3.82. The predicted molar refractivity (Wildman–Crippen MR) is 77.6 cm³/mol. The molecule has 1 heterocycles. The number of furan rings is 1. The molecule has 0 atom stereocenters. The first-order chi connectivity index (χ1) is 9.43. The van der Waals surface area contributed by atoms with Crippen molar-refractivity contribution in [3.8, 4) is 11.1 Å². The Morgan fingerprint density at radius 3 is 1.74 bits per heavy atom. The van der Waals surface area contributed by atoms with Gasteiger partial charge in [0.1, 0.15) is 5.76 Å². The number of benzene rings is 2. The van der Waals surface area contributed by atoms with Crippen LogP contribution < -0.4 is 0 Å². The molecule has 2 aromatic carbocycles. The average Bonchev–Trinajstić information content (AvgIpc) is 3.08. The van der Waals surface area contributed by atoms with Crippen LogP contribution in [0.1, 0.15) is 16.9 Å². The van der Waals surface area contributed by atoms with Crippen LogP contribution >= 0.6 is 0 Å². The average molecular weight is 244 g/mol. The topological polar surface area (TPSA) is 13.1 Å². The number of hydrogen-bond acceptors (Lipinski definition) is 1. The predicted octanol–water partition coefficient (Wildman–Crippen LogP) is 4.85. The van der Waals surface area contributed by atoms with Crippen molar-refractivity contribution in [3.05, 3.63) is 83.8 Å². The summed E-state index contributed by atoms with van der Waals surface area (Å²) < 4.78 is 5.45. The van der Waals surface area contributed by atoms with E-state index < -0.39 is 0 Å². The van der Waals surface area contributed by atoms with Gasteiger partial charge in [0.15, 0.2) is 0 Å². The summed E-state index contributed by atoms with van der Waals surface area (Å²) in [7, 11) is 0. The number of fused-ring (bicyclic) bond motifs is 3. The van der Waals surface area contributed by atoms with Gasteiger partial charge in [0.2, 0.25) is 0 Å². The molecule has 0 radical (unpaired) electrons. The zero-order valence-corrected chi connectivity index (χ0v) is 10.3. The molecule has 1 aromatic heterocycles. The van der Waals surface area contributed by atoms with Crippen LogP contribution in [0, 0.1) is 0 Å². The monoisotopic (exact) mass is 244 g/mol. The van der Waals surface area contributed by atoms with Crippen LogP contribution in [-0.2, 0) is 0 Å². The maximum atomic E-state index is 5.45. The number of rotatable bonds is 1. The van der Waals surface area contributed by atoms with Crippen molar-refractivity contribution in [1.29, 1.82) is 0 Å². The number of hydrogen-bond donors (Lipinski definition) is 0. The van der Waals surface area contributed by atoms with Crippen LogP contribution in [0.15, 0.2) is 71.3 Å². The maximum Gasteiger partial charge on any atom is 0.127 e. The minimum Gasteiger partial charge on any atom is -0.465 e.